The molecule has 0 spiro atoms. The molecule has 3 aromatic rings. The topological polar surface area (TPSA) is 54.5 Å². The number of aromatic nitrogens is 4. The molecule has 0 aliphatic heterocycles. The van der Waals surface area contributed by atoms with E-state index in [2.05, 4.69) is 35.9 Å². The number of benzene rings is 1. The Hall–Kier alpha value is -1.92. The van der Waals surface area contributed by atoms with Gasteiger partial charge < -0.3 is 4.98 Å². The Morgan fingerprint density at radius 1 is 1.10 bits per heavy atom. The lowest BCUT2D eigenvalue weighted by atomic mass is 10.1. The summed E-state index contributed by atoms with van der Waals surface area (Å²) in [5.74, 6) is 1.32. The average molecular weight is 359 g/mol. The van der Waals surface area contributed by atoms with E-state index in [4.69, 9.17) is 12.2 Å². The second-order valence-corrected chi connectivity index (χ2v) is 5.61. The van der Waals surface area contributed by atoms with Crippen molar-refractivity contribution in [3.8, 4) is 22.8 Å². The molecule has 2 heterocycles. The van der Waals surface area contributed by atoms with Crippen LogP contribution >= 0.6 is 28.1 Å². The number of nitrogens with one attached hydrogen (secondary N) is 1. The lowest BCUT2D eigenvalue weighted by Crippen LogP contribution is -1.98. The third-order valence-corrected chi connectivity index (χ3v) is 4.28. The maximum Gasteiger partial charge on any atom is 0.158 e. The molecular formula is C15H11BrN4S. The highest BCUT2D eigenvalue weighted by Crippen LogP contribution is 2.28. The van der Waals surface area contributed by atoms with Crippen LogP contribution in [0.4, 0.5) is 0 Å². The van der Waals surface area contributed by atoms with E-state index in [0.29, 0.717) is 16.3 Å². The van der Waals surface area contributed by atoms with Gasteiger partial charge in [0.1, 0.15) is 16.2 Å². The Kier molecular flexibility index (Phi) is 3.90. The van der Waals surface area contributed by atoms with Crippen molar-refractivity contribution < 1.29 is 0 Å². The Bertz CT molecular complexity index is 846. The smallest absolute Gasteiger partial charge is 0.158 e. The highest BCUT2D eigenvalue weighted by atomic mass is 79.9. The van der Waals surface area contributed by atoms with E-state index in [1.165, 1.54) is 0 Å². The Morgan fingerprint density at radius 2 is 1.86 bits per heavy atom. The fourth-order valence-electron chi connectivity index (χ4n) is 1.97. The monoisotopic (exact) mass is 358 g/mol. The van der Waals surface area contributed by atoms with E-state index >= 15 is 0 Å². The highest BCUT2D eigenvalue weighted by molar-refractivity contribution is 9.10. The molecule has 0 amide bonds. The molecule has 0 aliphatic rings. The molecule has 4 nitrogen and oxygen atoms in total. The molecular weight excluding hydrogens is 348 g/mol. The highest BCUT2D eigenvalue weighted by Gasteiger charge is 2.10. The van der Waals surface area contributed by atoms with Gasteiger partial charge in [0, 0.05) is 6.20 Å². The minimum Gasteiger partial charge on any atom is -0.337 e. The summed E-state index contributed by atoms with van der Waals surface area (Å²) in [6.07, 6.45) is 1.71. The predicted molar refractivity (Wildman–Crippen MR) is 88.3 cm³/mol. The van der Waals surface area contributed by atoms with Crippen LogP contribution in [-0.4, -0.2) is 19.9 Å². The van der Waals surface area contributed by atoms with E-state index < -0.39 is 0 Å². The van der Waals surface area contributed by atoms with Crippen molar-refractivity contribution in [2.75, 3.05) is 0 Å². The second-order valence-electron chi connectivity index (χ2n) is 4.43. The quantitative estimate of drug-likeness (QED) is 0.692. The van der Waals surface area contributed by atoms with Crippen molar-refractivity contribution >= 4 is 28.1 Å². The standard InChI is InChI=1S/C15H11BrN4S/c1-9-17-8-7-11(18-9)14-19-13(12(16)15(21)20-14)10-5-3-2-4-6-10/h2-8H,1H3,(H,19,20,21). The fourth-order valence-corrected chi connectivity index (χ4v) is 2.58. The molecule has 2 aromatic heterocycles. The second kappa shape index (κ2) is 5.83. The lowest BCUT2D eigenvalue weighted by molar-refractivity contribution is 1.03. The molecule has 3 rings (SSSR count). The van der Waals surface area contributed by atoms with Gasteiger partial charge in [0.2, 0.25) is 0 Å². The van der Waals surface area contributed by atoms with Crippen LogP contribution in [0.1, 0.15) is 5.82 Å². The van der Waals surface area contributed by atoms with Crippen LogP contribution in [0.15, 0.2) is 47.1 Å². The number of aryl methyl sites for hydroxylation is 1. The summed E-state index contributed by atoms with van der Waals surface area (Å²) in [4.78, 5) is 16.2. The zero-order valence-corrected chi connectivity index (χ0v) is 13.6. The Labute approximate surface area is 135 Å². The molecule has 104 valence electrons. The molecule has 0 saturated heterocycles. The number of H-pyrrole nitrogens is 1. The third-order valence-electron chi connectivity index (χ3n) is 2.95. The molecule has 0 fully saturated rings. The molecule has 1 aromatic carbocycles. The number of halogens is 1. The van der Waals surface area contributed by atoms with E-state index in [-0.39, 0.29) is 0 Å². The minimum absolute atomic E-state index is 0.499. The fraction of sp³-hybridized carbons (Fsp3) is 0.0667. The van der Waals surface area contributed by atoms with Crippen LogP contribution in [0.25, 0.3) is 22.8 Å². The summed E-state index contributed by atoms with van der Waals surface area (Å²) in [7, 11) is 0. The van der Waals surface area contributed by atoms with Crippen LogP contribution in [0, 0.1) is 11.6 Å². The van der Waals surface area contributed by atoms with E-state index in [0.717, 1.165) is 21.4 Å². The van der Waals surface area contributed by atoms with Gasteiger partial charge >= 0.3 is 0 Å². The molecule has 0 atom stereocenters. The van der Waals surface area contributed by atoms with Crippen molar-refractivity contribution in [2.45, 2.75) is 6.92 Å². The molecule has 0 aliphatic carbocycles. The van der Waals surface area contributed by atoms with Crippen LogP contribution in [0.5, 0.6) is 0 Å². The Morgan fingerprint density at radius 3 is 2.57 bits per heavy atom. The minimum atomic E-state index is 0.499. The van der Waals surface area contributed by atoms with E-state index in [9.17, 15) is 0 Å². The van der Waals surface area contributed by atoms with Crippen molar-refractivity contribution in [1.29, 1.82) is 0 Å². The van der Waals surface area contributed by atoms with Gasteiger partial charge in [-0.1, -0.05) is 42.5 Å². The number of hydrogen-bond acceptors (Lipinski definition) is 4. The van der Waals surface area contributed by atoms with Crippen LogP contribution < -0.4 is 0 Å². The number of rotatable bonds is 2. The van der Waals surface area contributed by atoms with Crippen molar-refractivity contribution in [3.05, 3.63) is 57.5 Å². The van der Waals surface area contributed by atoms with Gasteiger partial charge in [-0.05, 0) is 34.5 Å². The summed E-state index contributed by atoms with van der Waals surface area (Å²) in [6, 6.07) is 11.8. The lowest BCUT2D eigenvalue weighted by Gasteiger charge is -2.08. The van der Waals surface area contributed by atoms with Crippen molar-refractivity contribution in [3.63, 3.8) is 0 Å². The zero-order valence-electron chi connectivity index (χ0n) is 11.2. The molecule has 0 radical (unpaired) electrons. The first-order valence-corrected chi connectivity index (χ1v) is 7.50. The average Bonchev–Trinajstić information content (AvgIpc) is 2.51. The van der Waals surface area contributed by atoms with Gasteiger partial charge in [0.05, 0.1) is 10.2 Å². The first-order chi connectivity index (χ1) is 10.1. The van der Waals surface area contributed by atoms with Crippen LogP contribution in [0.2, 0.25) is 0 Å². The zero-order chi connectivity index (χ0) is 14.8. The number of hydrogen-bond donors (Lipinski definition) is 1. The van der Waals surface area contributed by atoms with Crippen molar-refractivity contribution in [1.82, 2.24) is 19.9 Å². The van der Waals surface area contributed by atoms with Crippen molar-refractivity contribution in [2.24, 2.45) is 0 Å². The molecule has 1 N–H and O–H groups in total. The van der Waals surface area contributed by atoms with E-state index in [1.807, 2.05) is 43.3 Å². The van der Waals surface area contributed by atoms with Gasteiger partial charge in [-0.3, -0.25) is 0 Å². The maximum absolute atomic E-state index is 5.34. The summed E-state index contributed by atoms with van der Waals surface area (Å²) in [6.45, 7) is 1.84. The predicted octanol–water partition coefficient (Wildman–Crippen LogP) is 4.33. The maximum atomic E-state index is 5.34. The molecule has 0 unspecified atom stereocenters. The Balaban J connectivity index is 2.21. The van der Waals surface area contributed by atoms with Gasteiger partial charge in [0.15, 0.2) is 5.82 Å². The van der Waals surface area contributed by atoms with Crippen LogP contribution in [-0.2, 0) is 0 Å². The van der Waals surface area contributed by atoms with Gasteiger partial charge in [0.25, 0.3) is 0 Å². The first kappa shape index (κ1) is 14.0. The third kappa shape index (κ3) is 2.91. The van der Waals surface area contributed by atoms with Crippen LogP contribution in [0.3, 0.4) is 0 Å². The normalized spacial score (nSPS) is 10.6. The molecule has 0 saturated carbocycles. The summed E-state index contributed by atoms with van der Waals surface area (Å²) in [5.41, 5.74) is 2.64. The molecule has 21 heavy (non-hydrogen) atoms. The van der Waals surface area contributed by atoms with Gasteiger partial charge in [-0.2, -0.15) is 0 Å². The molecule has 0 bridgehead atoms. The summed E-state index contributed by atoms with van der Waals surface area (Å²) < 4.78 is 1.28. The molecule has 6 heteroatoms. The SMILES string of the molecule is Cc1nccc(-c2nc(=S)c(Br)c(-c3ccccc3)[nH]2)n1. The first-order valence-electron chi connectivity index (χ1n) is 6.30. The summed E-state index contributed by atoms with van der Waals surface area (Å²) >= 11 is 8.85. The van der Waals surface area contributed by atoms with Gasteiger partial charge in [-0.15, -0.1) is 0 Å². The van der Waals surface area contributed by atoms with Gasteiger partial charge in [-0.25, -0.2) is 15.0 Å². The van der Waals surface area contributed by atoms with E-state index in [1.54, 1.807) is 6.20 Å². The number of nitrogens with zero attached hydrogens (tertiary/aromatic N) is 3. The largest absolute Gasteiger partial charge is 0.337 e. The number of aromatic amines is 1. The summed E-state index contributed by atoms with van der Waals surface area (Å²) in [5, 5.41) is 0.